The summed E-state index contributed by atoms with van der Waals surface area (Å²) >= 11 is 0. The molecule has 0 spiro atoms. The number of phosphoric acid groups is 1. The highest BCUT2D eigenvalue weighted by molar-refractivity contribution is 7.47. The van der Waals surface area contributed by atoms with E-state index >= 15 is 0 Å². The number of aliphatic hydroxyl groups excluding tert-OH is 1. The molecule has 1 unspecified atom stereocenters. The normalized spacial score (nSPS) is 14.4. The van der Waals surface area contributed by atoms with Gasteiger partial charge in [0.1, 0.15) is 13.2 Å². The SMILES string of the molecule is CCC/C=C/CCCCCCCC/C=C/[C@@H](O)[C@H](COP(=O)(O)OCC[N+](C)(C)C)NC(=O)CCCCCCCCCCCCCCCCCCCCCCCC. The van der Waals surface area contributed by atoms with Crippen LogP contribution in [0.2, 0.25) is 0 Å². The van der Waals surface area contributed by atoms with Crippen LogP contribution in [0.3, 0.4) is 0 Å². The summed E-state index contributed by atoms with van der Waals surface area (Å²) in [5.41, 5.74) is 0. The van der Waals surface area contributed by atoms with Gasteiger partial charge in [0.15, 0.2) is 0 Å². The summed E-state index contributed by atoms with van der Waals surface area (Å²) in [5.74, 6) is -0.177. The molecule has 0 aliphatic carbocycles. The maximum absolute atomic E-state index is 12.9. The summed E-state index contributed by atoms with van der Waals surface area (Å²) < 4.78 is 23.6. The molecule has 0 aromatic carbocycles. The molecule has 338 valence electrons. The van der Waals surface area contributed by atoms with Crippen molar-refractivity contribution < 1.29 is 32.9 Å². The Bertz CT molecular complexity index is 984. The third kappa shape index (κ3) is 42.9. The predicted molar refractivity (Wildman–Crippen MR) is 245 cm³/mol. The number of hydrogen-bond acceptors (Lipinski definition) is 5. The van der Waals surface area contributed by atoms with E-state index in [2.05, 4.69) is 31.3 Å². The second-order valence-electron chi connectivity index (χ2n) is 17.8. The predicted octanol–water partition coefficient (Wildman–Crippen LogP) is 13.7. The van der Waals surface area contributed by atoms with Crippen LogP contribution in [-0.2, 0) is 18.4 Å². The van der Waals surface area contributed by atoms with Crippen LogP contribution in [0.15, 0.2) is 24.3 Å². The van der Waals surface area contributed by atoms with Gasteiger partial charge in [0.25, 0.3) is 0 Å². The van der Waals surface area contributed by atoms with E-state index in [9.17, 15) is 19.4 Å². The molecular formula is C48H96N2O6P+. The van der Waals surface area contributed by atoms with Crippen molar-refractivity contribution in [3.8, 4) is 0 Å². The number of carbonyl (C=O) groups excluding carboxylic acids is 1. The average molecular weight is 828 g/mol. The highest BCUT2D eigenvalue weighted by Crippen LogP contribution is 2.43. The van der Waals surface area contributed by atoms with Crippen molar-refractivity contribution in [2.45, 2.75) is 238 Å². The average Bonchev–Trinajstić information content (AvgIpc) is 3.16. The number of nitrogens with one attached hydrogen (secondary N) is 1. The number of unbranched alkanes of at least 4 members (excludes halogenated alkanes) is 29. The van der Waals surface area contributed by atoms with Crippen LogP contribution in [0.25, 0.3) is 0 Å². The van der Waals surface area contributed by atoms with Crippen LogP contribution in [0.4, 0.5) is 0 Å². The summed E-state index contributed by atoms with van der Waals surface area (Å²) in [6, 6.07) is -0.845. The summed E-state index contributed by atoms with van der Waals surface area (Å²) in [6.45, 7) is 4.77. The molecule has 0 radical (unpaired) electrons. The van der Waals surface area contributed by atoms with Gasteiger partial charge in [-0.1, -0.05) is 205 Å². The first-order chi connectivity index (χ1) is 27.5. The minimum Gasteiger partial charge on any atom is -0.387 e. The van der Waals surface area contributed by atoms with E-state index in [1.165, 1.54) is 167 Å². The van der Waals surface area contributed by atoms with Gasteiger partial charge in [0.05, 0.1) is 39.9 Å². The highest BCUT2D eigenvalue weighted by Gasteiger charge is 2.27. The molecule has 8 nitrogen and oxygen atoms in total. The maximum atomic E-state index is 12.9. The van der Waals surface area contributed by atoms with E-state index in [-0.39, 0.29) is 19.1 Å². The van der Waals surface area contributed by atoms with Crippen molar-refractivity contribution in [3.05, 3.63) is 24.3 Å². The molecule has 0 aromatic heterocycles. The van der Waals surface area contributed by atoms with Crippen molar-refractivity contribution in [2.24, 2.45) is 0 Å². The van der Waals surface area contributed by atoms with Gasteiger partial charge in [-0.3, -0.25) is 13.8 Å². The molecular weight excluding hydrogens is 732 g/mol. The molecule has 57 heavy (non-hydrogen) atoms. The van der Waals surface area contributed by atoms with Gasteiger partial charge in [-0.25, -0.2) is 4.57 Å². The number of rotatable bonds is 44. The quantitative estimate of drug-likeness (QED) is 0.0244. The monoisotopic (exact) mass is 828 g/mol. The molecule has 0 aliphatic rings. The third-order valence-electron chi connectivity index (χ3n) is 10.9. The van der Waals surface area contributed by atoms with Gasteiger partial charge >= 0.3 is 7.82 Å². The van der Waals surface area contributed by atoms with Crippen LogP contribution < -0.4 is 5.32 Å². The number of quaternary nitrogens is 1. The number of aliphatic hydroxyl groups is 1. The number of likely N-dealkylation sites (N-methyl/N-ethyl adjacent to an activating group) is 1. The molecule has 0 rings (SSSR count). The number of allylic oxidation sites excluding steroid dienone is 3. The van der Waals surface area contributed by atoms with E-state index in [1.54, 1.807) is 6.08 Å². The molecule has 0 saturated carbocycles. The lowest BCUT2D eigenvalue weighted by Crippen LogP contribution is -2.45. The molecule has 0 aliphatic heterocycles. The van der Waals surface area contributed by atoms with Gasteiger partial charge in [-0.05, 0) is 38.5 Å². The summed E-state index contributed by atoms with van der Waals surface area (Å²) in [7, 11) is 1.57. The first-order valence-electron chi connectivity index (χ1n) is 24.2. The first-order valence-corrected chi connectivity index (χ1v) is 25.7. The Morgan fingerprint density at radius 3 is 1.42 bits per heavy atom. The summed E-state index contributed by atoms with van der Waals surface area (Å²) in [4.78, 5) is 23.1. The molecule has 0 saturated heterocycles. The lowest BCUT2D eigenvalue weighted by molar-refractivity contribution is -0.870. The molecule has 3 atom stereocenters. The van der Waals surface area contributed by atoms with Crippen molar-refractivity contribution in [1.82, 2.24) is 5.32 Å². The van der Waals surface area contributed by atoms with Crippen molar-refractivity contribution in [3.63, 3.8) is 0 Å². The van der Waals surface area contributed by atoms with Crippen LogP contribution in [0.1, 0.15) is 226 Å². The fourth-order valence-corrected chi connectivity index (χ4v) is 7.78. The van der Waals surface area contributed by atoms with Crippen LogP contribution >= 0.6 is 7.82 Å². The zero-order valence-corrected chi connectivity index (χ0v) is 39.2. The fourth-order valence-electron chi connectivity index (χ4n) is 7.04. The van der Waals surface area contributed by atoms with E-state index in [4.69, 9.17) is 9.05 Å². The van der Waals surface area contributed by atoms with Crippen molar-refractivity contribution in [1.29, 1.82) is 0 Å². The number of phosphoric ester groups is 1. The van der Waals surface area contributed by atoms with Gasteiger partial charge in [0.2, 0.25) is 5.91 Å². The van der Waals surface area contributed by atoms with Gasteiger partial charge in [-0.15, -0.1) is 0 Å². The fraction of sp³-hybridized carbons (Fsp3) is 0.896. The summed E-state index contributed by atoms with van der Waals surface area (Å²) in [5, 5.41) is 13.8. The molecule has 0 aromatic rings. The van der Waals surface area contributed by atoms with Crippen LogP contribution in [0.5, 0.6) is 0 Å². The number of carbonyl (C=O) groups is 1. The molecule has 0 fully saturated rings. The number of hydrogen-bond donors (Lipinski definition) is 3. The second-order valence-corrected chi connectivity index (χ2v) is 19.3. The highest BCUT2D eigenvalue weighted by atomic mass is 31.2. The van der Waals surface area contributed by atoms with Crippen molar-refractivity contribution >= 4 is 13.7 Å². The van der Waals surface area contributed by atoms with E-state index in [0.29, 0.717) is 17.4 Å². The molecule has 0 heterocycles. The lowest BCUT2D eigenvalue weighted by atomic mass is 10.0. The minimum absolute atomic E-state index is 0.0618. The smallest absolute Gasteiger partial charge is 0.387 e. The number of amides is 1. The maximum Gasteiger partial charge on any atom is 0.472 e. The molecule has 1 amide bonds. The Labute approximate surface area is 354 Å². The van der Waals surface area contributed by atoms with E-state index in [1.807, 2.05) is 27.2 Å². The number of nitrogens with zero attached hydrogens (tertiary/aromatic N) is 1. The van der Waals surface area contributed by atoms with E-state index < -0.39 is 20.0 Å². The third-order valence-corrected chi connectivity index (χ3v) is 11.9. The first kappa shape index (κ1) is 56.0. The van der Waals surface area contributed by atoms with Gasteiger partial charge in [0, 0.05) is 6.42 Å². The van der Waals surface area contributed by atoms with Crippen molar-refractivity contribution in [2.75, 3.05) is 40.9 Å². The Balaban J connectivity index is 4.25. The lowest BCUT2D eigenvalue weighted by Gasteiger charge is -2.25. The largest absolute Gasteiger partial charge is 0.472 e. The van der Waals surface area contributed by atoms with Gasteiger partial charge < -0.3 is 19.8 Å². The second kappa shape index (κ2) is 40.4. The Morgan fingerprint density at radius 2 is 0.982 bits per heavy atom. The van der Waals surface area contributed by atoms with Crippen LogP contribution in [0, 0.1) is 0 Å². The molecule has 9 heteroatoms. The Hall–Kier alpha value is -1.02. The Kier molecular flexibility index (Phi) is 39.7. The molecule has 0 bridgehead atoms. The standard InChI is InChI=1S/C48H95N2O6P/c1-6-8-10-12-14-16-18-20-21-22-23-24-25-26-27-28-30-32-34-36-38-40-42-48(52)49-46(45-56-57(53,54)55-44-43-50(3,4)5)47(51)41-39-37-35-33-31-29-19-17-15-13-11-9-7-2/h11,13,39,41,46-47,51H,6-10,12,14-38,40,42-45H2,1-5H3,(H-,49,52,53,54)/p+1/b13-11+,41-39+/t46-,47+/m0/s1. The molecule has 3 N–H and O–H groups in total. The minimum atomic E-state index is -4.34. The Morgan fingerprint density at radius 1 is 0.579 bits per heavy atom. The summed E-state index contributed by atoms with van der Waals surface area (Å²) in [6.07, 6.45) is 48.3. The topological polar surface area (TPSA) is 105 Å². The zero-order chi connectivity index (χ0) is 42.1. The van der Waals surface area contributed by atoms with Gasteiger partial charge in [-0.2, -0.15) is 0 Å². The van der Waals surface area contributed by atoms with Crippen LogP contribution in [-0.4, -0.2) is 73.4 Å². The zero-order valence-electron chi connectivity index (χ0n) is 38.3. The van der Waals surface area contributed by atoms with E-state index in [0.717, 1.165) is 38.5 Å².